The van der Waals surface area contributed by atoms with Crippen molar-refractivity contribution in [3.63, 3.8) is 0 Å². The lowest BCUT2D eigenvalue weighted by atomic mass is 9.80. The van der Waals surface area contributed by atoms with E-state index < -0.39 is 22.8 Å². The zero-order chi connectivity index (χ0) is 28.1. The van der Waals surface area contributed by atoms with E-state index in [1.165, 1.54) is 25.3 Å². The number of nitrogens with one attached hydrogen (secondary N) is 1. The van der Waals surface area contributed by atoms with Crippen LogP contribution in [0.2, 0.25) is 0 Å². The number of benzene rings is 2. The van der Waals surface area contributed by atoms with E-state index in [4.69, 9.17) is 18.9 Å². The summed E-state index contributed by atoms with van der Waals surface area (Å²) in [6.07, 6.45) is -0.179. The SMILES string of the molecule is COC(=O)C1=C(C)NC(C)=C(C(=O)OCCN(C)CC2COc3ccccc3O2)C1c1cccc([N+](=O)[O-])c1. The molecule has 0 bridgehead atoms. The minimum absolute atomic E-state index is 0.0776. The number of ether oxygens (including phenoxy) is 4. The van der Waals surface area contributed by atoms with Gasteiger partial charge in [-0.15, -0.1) is 0 Å². The first-order valence-corrected chi connectivity index (χ1v) is 12.4. The number of rotatable bonds is 9. The number of methoxy groups -OCH3 is 1. The van der Waals surface area contributed by atoms with Gasteiger partial charge in [-0.1, -0.05) is 24.3 Å². The second-order valence-electron chi connectivity index (χ2n) is 9.37. The van der Waals surface area contributed by atoms with E-state index >= 15 is 0 Å². The van der Waals surface area contributed by atoms with Crippen LogP contribution in [0, 0.1) is 10.1 Å². The fourth-order valence-corrected chi connectivity index (χ4v) is 4.76. The van der Waals surface area contributed by atoms with Crippen molar-refractivity contribution < 1.29 is 33.5 Å². The Morgan fingerprint density at radius 2 is 1.77 bits per heavy atom. The highest BCUT2D eigenvalue weighted by Gasteiger charge is 2.38. The smallest absolute Gasteiger partial charge is 0.336 e. The zero-order valence-corrected chi connectivity index (χ0v) is 22.3. The maximum Gasteiger partial charge on any atom is 0.336 e. The van der Waals surface area contributed by atoms with Crippen molar-refractivity contribution in [3.05, 3.63) is 86.7 Å². The molecule has 2 aliphatic rings. The molecule has 0 aliphatic carbocycles. The molecule has 2 unspecified atom stereocenters. The summed E-state index contributed by atoms with van der Waals surface area (Å²) in [6, 6.07) is 13.3. The first-order valence-electron chi connectivity index (χ1n) is 12.4. The van der Waals surface area contributed by atoms with Gasteiger partial charge in [-0.2, -0.15) is 0 Å². The third kappa shape index (κ3) is 6.20. The molecule has 0 fully saturated rings. The molecule has 2 heterocycles. The first kappa shape index (κ1) is 27.6. The summed E-state index contributed by atoms with van der Waals surface area (Å²) in [4.78, 5) is 39.0. The summed E-state index contributed by atoms with van der Waals surface area (Å²) in [5.41, 5.74) is 1.59. The van der Waals surface area contributed by atoms with Gasteiger partial charge in [0.05, 0.1) is 29.1 Å². The second kappa shape index (κ2) is 12.0. The zero-order valence-electron chi connectivity index (χ0n) is 22.3. The number of hydrogen-bond acceptors (Lipinski definition) is 10. The van der Waals surface area contributed by atoms with Crippen molar-refractivity contribution in [2.75, 3.05) is 40.5 Å². The predicted octanol–water partition coefficient (Wildman–Crippen LogP) is 3.32. The highest BCUT2D eigenvalue weighted by atomic mass is 16.6. The normalized spacial score (nSPS) is 18.5. The molecular formula is C28H31N3O8. The molecule has 11 heteroatoms. The van der Waals surface area contributed by atoms with Gasteiger partial charge >= 0.3 is 11.9 Å². The Morgan fingerprint density at radius 1 is 1.08 bits per heavy atom. The largest absolute Gasteiger partial charge is 0.486 e. The van der Waals surface area contributed by atoms with Gasteiger partial charge in [0.2, 0.25) is 0 Å². The van der Waals surface area contributed by atoms with Crippen LogP contribution >= 0.6 is 0 Å². The summed E-state index contributed by atoms with van der Waals surface area (Å²) in [6.45, 7) is 4.85. The topological polar surface area (TPSA) is 129 Å². The van der Waals surface area contributed by atoms with E-state index in [2.05, 4.69) is 5.32 Å². The van der Waals surface area contributed by atoms with Crippen LogP contribution in [-0.2, 0) is 19.1 Å². The summed E-state index contributed by atoms with van der Waals surface area (Å²) < 4.78 is 22.4. The highest BCUT2D eigenvalue weighted by molar-refractivity contribution is 5.99. The van der Waals surface area contributed by atoms with E-state index in [0.717, 1.165) is 0 Å². The van der Waals surface area contributed by atoms with E-state index in [9.17, 15) is 19.7 Å². The Labute approximate surface area is 226 Å². The Morgan fingerprint density at radius 3 is 2.46 bits per heavy atom. The molecule has 0 spiro atoms. The van der Waals surface area contributed by atoms with Crippen LogP contribution in [0.5, 0.6) is 11.5 Å². The molecule has 0 saturated heterocycles. The number of nitro benzene ring substituents is 1. The Hall–Kier alpha value is -4.38. The summed E-state index contributed by atoms with van der Waals surface area (Å²) >= 11 is 0. The fourth-order valence-electron chi connectivity index (χ4n) is 4.76. The minimum Gasteiger partial charge on any atom is -0.486 e. The van der Waals surface area contributed by atoms with Crippen LogP contribution in [0.25, 0.3) is 0 Å². The molecule has 11 nitrogen and oxygen atoms in total. The number of allylic oxidation sites excluding steroid dienone is 2. The van der Waals surface area contributed by atoms with Gasteiger partial charge in [0.15, 0.2) is 11.5 Å². The van der Waals surface area contributed by atoms with Crippen LogP contribution in [0.4, 0.5) is 5.69 Å². The number of non-ortho nitro benzene ring substituents is 1. The number of carbonyl (C=O) groups is 2. The van der Waals surface area contributed by atoms with Crippen LogP contribution in [0.3, 0.4) is 0 Å². The predicted molar refractivity (Wildman–Crippen MR) is 141 cm³/mol. The number of carbonyl (C=O) groups excluding carboxylic acids is 2. The lowest BCUT2D eigenvalue weighted by molar-refractivity contribution is -0.384. The second-order valence-corrected chi connectivity index (χ2v) is 9.37. The van der Waals surface area contributed by atoms with Crippen molar-refractivity contribution in [1.29, 1.82) is 0 Å². The third-order valence-corrected chi connectivity index (χ3v) is 6.59. The molecule has 0 radical (unpaired) electrons. The van der Waals surface area contributed by atoms with Crippen molar-refractivity contribution in [2.24, 2.45) is 0 Å². The van der Waals surface area contributed by atoms with Gasteiger partial charge in [-0.05, 0) is 38.6 Å². The van der Waals surface area contributed by atoms with Gasteiger partial charge in [0.25, 0.3) is 5.69 Å². The number of likely N-dealkylation sites (N-methyl/N-ethyl adjacent to an activating group) is 1. The minimum atomic E-state index is -0.906. The maximum absolute atomic E-state index is 13.4. The molecule has 2 aliphatic heterocycles. The average molecular weight is 538 g/mol. The number of nitro groups is 1. The van der Waals surface area contributed by atoms with E-state index in [1.807, 2.05) is 36.2 Å². The Bertz CT molecular complexity index is 1340. The maximum atomic E-state index is 13.4. The summed E-state index contributed by atoms with van der Waals surface area (Å²) in [7, 11) is 3.13. The molecule has 0 aromatic heterocycles. The number of fused-ring (bicyclic) bond motifs is 1. The lowest BCUT2D eigenvalue weighted by Crippen LogP contribution is -2.40. The van der Waals surface area contributed by atoms with Crippen molar-refractivity contribution >= 4 is 17.6 Å². The van der Waals surface area contributed by atoms with Crippen LogP contribution in [0.1, 0.15) is 25.3 Å². The molecule has 2 atom stereocenters. The molecule has 39 heavy (non-hydrogen) atoms. The van der Waals surface area contributed by atoms with Crippen molar-refractivity contribution in [1.82, 2.24) is 10.2 Å². The standard InChI is InChI=1S/C28H31N3O8/c1-17-24(27(32)36-4)26(19-8-7-9-20(14-19)31(34)35)25(18(2)29-17)28(33)37-13-12-30(3)15-21-16-38-22-10-5-6-11-23(22)39-21/h5-11,14,21,26,29H,12-13,15-16H2,1-4H3. The number of hydrogen-bond donors (Lipinski definition) is 1. The fraction of sp³-hybridized carbons (Fsp3) is 0.357. The molecule has 2 aromatic rings. The van der Waals surface area contributed by atoms with Crippen LogP contribution in [0.15, 0.2) is 71.1 Å². The number of esters is 2. The average Bonchev–Trinajstić information content (AvgIpc) is 2.92. The third-order valence-electron chi connectivity index (χ3n) is 6.59. The molecule has 2 aromatic carbocycles. The van der Waals surface area contributed by atoms with Crippen LogP contribution in [-0.4, -0.2) is 68.3 Å². The van der Waals surface area contributed by atoms with Crippen molar-refractivity contribution in [3.8, 4) is 11.5 Å². The molecule has 0 amide bonds. The molecule has 4 rings (SSSR count). The molecule has 0 saturated carbocycles. The van der Waals surface area contributed by atoms with E-state index in [-0.39, 0.29) is 29.5 Å². The van der Waals surface area contributed by atoms with Gasteiger partial charge in [-0.25, -0.2) is 9.59 Å². The quantitative estimate of drug-likeness (QED) is 0.289. The summed E-state index contributed by atoms with van der Waals surface area (Å²) in [5.74, 6) is -0.784. The molecular weight excluding hydrogens is 506 g/mol. The van der Waals surface area contributed by atoms with Gasteiger partial charge in [0.1, 0.15) is 19.3 Å². The van der Waals surface area contributed by atoms with Gasteiger partial charge in [0, 0.05) is 36.6 Å². The number of para-hydroxylation sites is 2. The monoisotopic (exact) mass is 537 g/mol. The molecule has 1 N–H and O–H groups in total. The van der Waals surface area contributed by atoms with Gasteiger partial charge in [-0.3, -0.25) is 15.0 Å². The summed E-state index contributed by atoms with van der Waals surface area (Å²) in [5, 5.41) is 14.5. The Balaban J connectivity index is 1.46. The van der Waals surface area contributed by atoms with E-state index in [1.54, 1.807) is 19.9 Å². The van der Waals surface area contributed by atoms with Crippen LogP contribution < -0.4 is 14.8 Å². The van der Waals surface area contributed by atoms with E-state index in [0.29, 0.717) is 48.2 Å². The van der Waals surface area contributed by atoms with Gasteiger partial charge < -0.3 is 24.3 Å². The lowest BCUT2D eigenvalue weighted by Gasteiger charge is -2.31. The Kier molecular flexibility index (Phi) is 8.50. The first-order chi connectivity index (χ1) is 18.7. The molecule has 206 valence electrons. The number of dihydropyridines is 1. The van der Waals surface area contributed by atoms with Crippen molar-refractivity contribution in [2.45, 2.75) is 25.9 Å². The number of nitrogens with zero attached hydrogens (tertiary/aromatic N) is 2. The highest BCUT2D eigenvalue weighted by Crippen LogP contribution is 2.40.